The molecule has 1 N–H and O–H groups in total. The molecule has 1 fully saturated rings. The molecule has 31 heavy (non-hydrogen) atoms. The Bertz CT molecular complexity index is 1050. The summed E-state index contributed by atoms with van der Waals surface area (Å²) >= 11 is 3.07. The molecule has 0 bridgehead atoms. The first-order valence-electron chi connectivity index (χ1n) is 10.6. The first-order chi connectivity index (χ1) is 15.1. The highest BCUT2D eigenvalue weighted by molar-refractivity contribution is 7.99. The van der Waals surface area contributed by atoms with Crippen molar-refractivity contribution in [1.29, 1.82) is 0 Å². The van der Waals surface area contributed by atoms with Gasteiger partial charge in [0.15, 0.2) is 11.0 Å². The molecular formula is C23H27N5OS2. The van der Waals surface area contributed by atoms with Gasteiger partial charge in [-0.05, 0) is 38.8 Å². The lowest BCUT2D eigenvalue weighted by Crippen LogP contribution is -2.20. The van der Waals surface area contributed by atoms with Crippen LogP contribution in [0.5, 0.6) is 0 Å². The largest absolute Gasteiger partial charge is 0.299 e. The highest BCUT2D eigenvalue weighted by Gasteiger charge is 2.24. The molecule has 162 valence electrons. The molecule has 0 radical (unpaired) electrons. The molecule has 1 saturated carbocycles. The van der Waals surface area contributed by atoms with Crippen LogP contribution in [0.15, 0.2) is 46.7 Å². The van der Waals surface area contributed by atoms with Crippen LogP contribution >= 0.6 is 23.1 Å². The number of carbonyl (C=O) groups is 1. The summed E-state index contributed by atoms with van der Waals surface area (Å²) in [5, 5.41) is 13.8. The van der Waals surface area contributed by atoms with Crippen LogP contribution < -0.4 is 5.43 Å². The predicted octanol–water partition coefficient (Wildman–Crippen LogP) is 5.37. The van der Waals surface area contributed by atoms with Gasteiger partial charge < -0.3 is 0 Å². The molecule has 6 nitrogen and oxygen atoms in total. The second-order valence-corrected chi connectivity index (χ2v) is 10.1. The van der Waals surface area contributed by atoms with Gasteiger partial charge in [-0.2, -0.15) is 5.10 Å². The average Bonchev–Trinajstić information content (AvgIpc) is 3.39. The van der Waals surface area contributed by atoms with E-state index in [1.165, 1.54) is 41.5 Å². The van der Waals surface area contributed by atoms with Crippen LogP contribution in [0, 0.1) is 13.8 Å². The van der Waals surface area contributed by atoms with E-state index in [2.05, 4.69) is 56.5 Å². The van der Waals surface area contributed by atoms with Crippen molar-refractivity contribution in [2.24, 2.45) is 5.10 Å². The van der Waals surface area contributed by atoms with Gasteiger partial charge in [-0.1, -0.05) is 60.9 Å². The third-order valence-corrected chi connectivity index (χ3v) is 7.27. The fourth-order valence-electron chi connectivity index (χ4n) is 3.80. The Morgan fingerprint density at radius 1 is 1.16 bits per heavy atom. The van der Waals surface area contributed by atoms with E-state index in [-0.39, 0.29) is 11.7 Å². The predicted molar refractivity (Wildman–Crippen MR) is 128 cm³/mol. The Kier molecular flexibility index (Phi) is 7.19. The van der Waals surface area contributed by atoms with Gasteiger partial charge in [0.25, 0.3) is 5.91 Å². The number of nitrogens with one attached hydrogen (secondary N) is 1. The van der Waals surface area contributed by atoms with Crippen LogP contribution in [0.25, 0.3) is 11.4 Å². The minimum atomic E-state index is -0.149. The topological polar surface area (TPSA) is 72.2 Å². The zero-order valence-corrected chi connectivity index (χ0v) is 19.5. The maximum Gasteiger partial charge on any atom is 0.250 e. The average molecular weight is 454 g/mol. The third kappa shape index (κ3) is 5.62. The summed E-state index contributed by atoms with van der Waals surface area (Å²) < 4.78 is 2.25. The molecule has 1 amide bonds. The quantitative estimate of drug-likeness (QED) is 0.296. The lowest BCUT2D eigenvalue weighted by atomic mass is 9.95. The van der Waals surface area contributed by atoms with E-state index < -0.39 is 0 Å². The number of hydrogen-bond donors (Lipinski definition) is 1. The summed E-state index contributed by atoms with van der Waals surface area (Å²) in [6.07, 6.45) is 7.66. The highest BCUT2D eigenvalue weighted by Crippen LogP contribution is 2.35. The van der Waals surface area contributed by atoms with E-state index in [4.69, 9.17) is 0 Å². The molecule has 3 aromatic rings. The van der Waals surface area contributed by atoms with E-state index in [0.29, 0.717) is 6.04 Å². The number of carbonyl (C=O) groups excluding carboxylic acids is 1. The van der Waals surface area contributed by atoms with Crippen LogP contribution in [-0.4, -0.2) is 32.6 Å². The summed E-state index contributed by atoms with van der Waals surface area (Å²) in [4.78, 5) is 14.6. The molecule has 2 aromatic heterocycles. The minimum Gasteiger partial charge on any atom is -0.299 e. The van der Waals surface area contributed by atoms with Crippen LogP contribution in [0.3, 0.4) is 0 Å². The zero-order chi connectivity index (χ0) is 21.6. The van der Waals surface area contributed by atoms with Crippen molar-refractivity contribution in [3.05, 3.63) is 51.7 Å². The molecule has 0 aliphatic heterocycles. The second-order valence-electron chi connectivity index (χ2n) is 7.86. The van der Waals surface area contributed by atoms with Crippen LogP contribution in [0.1, 0.15) is 53.5 Å². The van der Waals surface area contributed by atoms with Crippen molar-refractivity contribution in [1.82, 2.24) is 20.2 Å². The minimum absolute atomic E-state index is 0.149. The van der Waals surface area contributed by atoms with Crippen molar-refractivity contribution in [3.63, 3.8) is 0 Å². The molecule has 0 unspecified atom stereocenters. The van der Waals surface area contributed by atoms with E-state index in [1.54, 1.807) is 17.6 Å². The number of benzene rings is 1. The van der Waals surface area contributed by atoms with Crippen LogP contribution in [-0.2, 0) is 4.79 Å². The molecule has 8 heteroatoms. The molecule has 1 aliphatic rings. The van der Waals surface area contributed by atoms with E-state index >= 15 is 0 Å². The number of thiophene rings is 1. The fourth-order valence-corrected chi connectivity index (χ4v) is 5.34. The maximum atomic E-state index is 12.3. The van der Waals surface area contributed by atoms with Gasteiger partial charge in [-0.3, -0.25) is 9.36 Å². The Labute approximate surface area is 191 Å². The highest BCUT2D eigenvalue weighted by atomic mass is 32.2. The van der Waals surface area contributed by atoms with Crippen LogP contribution in [0.4, 0.5) is 0 Å². The van der Waals surface area contributed by atoms with Crippen LogP contribution in [0.2, 0.25) is 0 Å². The molecule has 0 saturated heterocycles. The van der Waals surface area contributed by atoms with Gasteiger partial charge in [-0.15, -0.1) is 21.5 Å². The number of amides is 1. The molecule has 0 spiro atoms. The van der Waals surface area contributed by atoms with Gasteiger partial charge in [-0.25, -0.2) is 5.43 Å². The van der Waals surface area contributed by atoms with E-state index in [0.717, 1.165) is 34.3 Å². The van der Waals surface area contributed by atoms with E-state index in [9.17, 15) is 4.79 Å². The van der Waals surface area contributed by atoms with Crippen molar-refractivity contribution < 1.29 is 4.79 Å². The molecule has 0 atom stereocenters. The summed E-state index contributed by atoms with van der Waals surface area (Å²) in [5.41, 5.74) is 4.90. The Morgan fingerprint density at radius 2 is 1.94 bits per heavy atom. The maximum absolute atomic E-state index is 12.3. The van der Waals surface area contributed by atoms with Crippen molar-refractivity contribution in [3.8, 4) is 11.4 Å². The Hall–Kier alpha value is -2.45. The van der Waals surface area contributed by atoms with Crippen molar-refractivity contribution in [2.45, 2.75) is 57.1 Å². The molecule has 2 heterocycles. The monoisotopic (exact) mass is 453 g/mol. The summed E-state index contributed by atoms with van der Waals surface area (Å²) in [5.74, 6) is 0.991. The zero-order valence-electron chi connectivity index (χ0n) is 17.9. The Balaban J connectivity index is 1.46. The number of rotatable bonds is 7. The van der Waals surface area contributed by atoms with E-state index in [1.807, 2.05) is 19.1 Å². The second kappa shape index (κ2) is 10.2. The van der Waals surface area contributed by atoms with Gasteiger partial charge in [0, 0.05) is 21.4 Å². The molecular weight excluding hydrogens is 426 g/mol. The van der Waals surface area contributed by atoms with Crippen molar-refractivity contribution in [2.75, 3.05) is 5.75 Å². The fraction of sp³-hybridized carbons (Fsp3) is 0.391. The van der Waals surface area contributed by atoms with Crippen molar-refractivity contribution >= 4 is 35.2 Å². The number of aryl methyl sites for hydroxylation is 2. The van der Waals surface area contributed by atoms with Gasteiger partial charge in [0.2, 0.25) is 0 Å². The van der Waals surface area contributed by atoms with Gasteiger partial charge >= 0.3 is 0 Å². The number of hydrogen-bond acceptors (Lipinski definition) is 6. The number of nitrogens with zero attached hydrogens (tertiary/aromatic N) is 4. The standard InChI is InChI=1S/C23H27N5OS2/c1-16-8-11-18(12-9-16)22-26-27-23(28(22)19-6-4-3-5-7-19)30-15-21(29)25-24-14-20-13-10-17(2)31-20/h8-14,19H,3-7,15H2,1-2H3,(H,25,29)/b24-14-. The lowest BCUT2D eigenvalue weighted by molar-refractivity contribution is -0.118. The molecule has 1 aliphatic carbocycles. The summed E-state index contributed by atoms with van der Waals surface area (Å²) in [7, 11) is 0. The molecule has 1 aromatic carbocycles. The number of aromatic nitrogens is 3. The summed E-state index contributed by atoms with van der Waals surface area (Å²) in [6.45, 7) is 4.13. The first-order valence-corrected chi connectivity index (χ1v) is 12.4. The normalized spacial score (nSPS) is 14.9. The SMILES string of the molecule is Cc1ccc(-c2nnc(SCC(=O)N/N=C\c3ccc(C)s3)n2C2CCCCC2)cc1. The Morgan fingerprint density at radius 3 is 2.65 bits per heavy atom. The lowest BCUT2D eigenvalue weighted by Gasteiger charge is -2.25. The van der Waals surface area contributed by atoms with Gasteiger partial charge in [0.1, 0.15) is 0 Å². The number of thioether (sulfide) groups is 1. The summed E-state index contributed by atoms with van der Waals surface area (Å²) in [6, 6.07) is 12.8. The third-order valence-electron chi connectivity index (χ3n) is 5.39. The smallest absolute Gasteiger partial charge is 0.250 e. The number of hydrazone groups is 1. The molecule has 4 rings (SSSR count). The van der Waals surface area contributed by atoms with Gasteiger partial charge in [0.05, 0.1) is 12.0 Å². The first kappa shape index (κ1) is 21.8.